The lowest BCUT2D eigenvalue weighted by atomic mass is 9.64. The van der Waals surface area contributed by atoms with Crippen LogP contribution in [0.3, 0.4) is 0 Å². The summed E-state index contributed by atoms with van der Waals surface area (Å²) in [6.07, 6.45) is -9.83. The van der Waals surface area contributed by atoms with Crippen LogP contribution in [-0.2, 0) is 19.2 Å². The molecule has 0 aromatic carbocycles. The number of aliphatic hydroxyl groups is 4. The molecule has 4 atom stereocenters. The van der Waals surface area contributed by atoms with Crippen molar-refractivity contribution in [3.63, 3.8) is 0 Å². The molecule has 144 valence electrons. The molecule has 4 unspecified atom stereocenters. The highest BCUT2D eigenvalue weighted by Gasteiger charge is 2.62. The fourth-order valence-electron chi connectivity index (χ4n) is 2.36. The minimum absolute atomic E-state index is 0.617. The Bertz CT molecular complexity index is 433. The standard InChI is InChI=1S/C13H20O8S4/c14-5(1-22)9(18)13(10(19)6(15)2-23,11(20)7(16)3-24)12(21)8(17)4-25/h9-12,18-25H,1-4H2. The van der Waals surface area contributed by atoms with Gasteiger partial charge in [-0.15, -0.1) is 0 Å². The molecule has 0 amide bonds. The molecule has 0 aliphatic carbocycles. The third-order valence-electron chi connectivity index (χ3n) is 3.74. The molecule has 0 saturated carbocycles. The summed E-state index contributed by atoms with van der Waals surface area (Å²) in [5.41, 5.74) is -2.95. The second-order valence-electron chi connectivity index (χ2n) is 5.11. The first kappa shape index (κ1) is 24.9. The number of carbonyl (C=O) groups excluding carboxylic acids is 4. The molecule has 25 heavy (non-hydrogen) atoms. The lowest BCUT2D eigenvalue weighted by molar-refractivity contribution is -0.197. The van der Waals surface area contributed by atoms with Gasteiger partial charge >= 0.3 is 0 Å². The summed E-state index contributed by atoms with van der Waals surface area (Å²) < 4.78 is 0. The summed E-state index contributed by atoms with van der Waals surface area (Å²) in [6.45, 7) is 0. The van der Waals surface area contributed by atoms with Gasteiger partial charge in [0.25, 0.3) is 0 Å². The number of carbonyl (C=O) groups is 4. The zero-order chi connectivity index (χ0) is 19.9. The molecule has 0 aliphatic heterocycles. The van der Waals surface area contributed by atoms with Crippen LogP contribution in [0, 0.1) is 5.41 Å². The SMILES string of the molecule is O=C(CS)C(O)C(C(O)C(=O)CS)(C(O)C(=O)CS)C(O)C(=O)CS. The van der Waals surface area contributed by atoms with Crippen molar-refractivity contribution in [3.8, 4) is 0 Å². The van der Waals surface area contributed by atoms with Gasteiger partial charge in [0.2, 0.25) is 0 Å². The van der Waals surface area contributed by atoms with E-state index >= 15 is 0 Å². The zero-order valence-electron chi connectivity index (χ0n) is 12.8. The van der Waals surface area contributed by atoms with Gasteiger partial charge in [-0.1, -0.05) is 0 Å². The normalized spacial score (nSPS) is 18.6. The van der Waals surface area contributed by atoms with Crippen molar-refractivity contribution < 1.29 is 39.6 Å². The first-order valence-corrected chi connectivity index (χ1v) is 9.37. The molecule has 8 nitrogen and oxygen atoms in total. The number of hydrogen-bond donors (Lipinski definition) is 8. The quantitative estimate of drug-likeness (QED) is 0.157. The molecule has 0 radical (unpaired) electrons. The van der Waals surface area contributed by atoms with Crippen LogP contribution in [0.4, 0.5) is 0 Å². The Balaban J connectivity index is 6.69. The zero-order valence-corrected chi connectivity index (χ0v) is 16.4. The third-order valence-corrected chi connectivity index (χ3v) is 4.98. The summed E-state index contributed by atoms with van der Waals surface area (Å²) in [6, 6.07) is 0. The van der Waals surface area contributed by atoms with Crippen molar-refractivity contribution in [2.75, 3.05) is 23.0 Å². The largest absolute Gasteiger partial charge is 0.384 e. The van der Waals surface area contributed by atoms with Gasteiger partial charge in [-0.25, -0.2) is 0 Å². The van der Waals surface area contributed by atoms with Crippen LogP contribution in [0.2, 0.25) is 0 Å². The van der Waals surface area contributed by atoms with E-state index in [4.69, 9.17) is 0 Å². The molecule has 0 bridgehead atoms. The smallest absolute Gasteiger partial charge is 0.171 e. The molecule has 0 heterocycles. The summed E-state index contributed by atoms with van der Waals surface area (Å²) in [5, 5.41) is 41.5. The van der Waals surface area contributed by atoms with Crippen molar-refractivity contribution in [3.05, 3.63) is 0 Å². The number of Topliss-reactive ketones (excluding diaryl/α,β-unsaturated/α-hetero) is 4. The van der Waals surface area contributed by atoms with Crippen molar-refractivity contribution >= 4 is 73.6 Å². The van der Waals surface area contributed by atoms with Crippen molar-refractivity contribution in [1.29, 1.82) is 0 Å². The molecule has 0 fully saturated rings. The Morgan fingerprint density at radius 3 is 0.840 bits per heavy atom. The van der Waals surface area contributed by atoms with E-state index in [2.05, 4.69) is 50.5 Å². The van der Waals surface area contributed by atoms with Gasteiger partial charge in [0.1, 0.15) is 29.8 Å². The Morgan fingerprint density at radius 1 is 0.560 bits per heavy atom. The van der Waals surface area contributed by atoms with Crippen LogP contribution >= 0.6 is 50.5 Å². The van der Waals surface area contributed by atoms with E-state index < -0.39 is 76.0 Å². The lowest BCUT2D eigenvalue weighted by Gasteiger charge is -2.45. The highest BCUT2D eigenvalue weighted by atomic mass is 32.1. The van der Waals surface area contributed by atoms with E-state index in [9.17, 15) is 39.6 Å². The van der Waals surface area contributed by atoms with Crippen LogP contribution in [-0.4, -0.2) is 91.0 Å². The highest BCUT2D eigenvalue weighted by molar-refractivity contribution is 7.81. The third kappa shape index (κ3) is 5.01. The molecular formula is C13H20O8S4. The number of aliphatic hydroxyl groups excluding tert-OH is 4. The molecule has 0 aliphatic rings. The van der Waals surface area contributed by atoms with Crippen molar-refractivity contribution in [2.24, 2.45) is 5.41 Å². The lowest BCUT2D eigenvalue weighted by Crippen LogP contribution is -2.68. The van der Waals surface area contributed by atoms with E-state index in [-0.39, 0.29) is 0 Å². The molecule has 4 N–H and O–H groups in total. The summed E-state index contributed by atoms with van der Waals surface area (Å²) in [5.74, 6) is -7.00. The minimum atomic E-state index is -2.95. The predicted molar refractivity (Wildman–Crippen MR) is 102 cm³/mol. The second-order valence-corrected chi connectivity index (χ2v) is 6.37. The monoisotopic (exact) mass is 432 g/mol. The molecule has 0 saturated heterocycles. The van der Waals surface area contributed by atoms with Gasteiger partial charge in [-0.2, -0.15) is 50.5 Å². The van der Waals surface area contributed by atoms with Crippen LogP contribution in [0.5, 0.6) is 0 Å². The van der Waals surface area contributed by atoms with E-state index in [0.29, 0.717) is 0 Å². The molecule has 0 aromatic rings. The summed E-state index contributed by atoms with van der Waals surface area (Å²) in [7, 11) is 0. The van der Waals surface area contributed by atoms with Gasteiger partial charge in [-0.3, -0.25) is 19.2 Å². The van der Waals surface area contributed by atoms with E-state index in [1.807, 2.05) is 0 Å². The second kappa shape index (κ2) is 10.9. The molecule has 0 rings (SSSR count). The fraction of sp³-hybridized carbons (Fsp3) is 0.692. The van der Waals surface area contributed by atoms with Gasteiger partial charge in [0.05, 0.1) is 23.0 Å². The Hall–Kier alpha value is -0.0800. The van der Waals surface area contributed by atoms with Crippen LogP contribution < -0.4 is 0 Å². The number of thiol groups is 4. The Kier molecular flexibility index (Phi) is 10.9. The maximum absolute atomic E-state index is 12.0. The molecule has 0 spiro atoms. The fourth-order valence-corrected chi connectivity index (χ4v) is 3.05. The summed E-state index contributed by atoms with van der Waals surface area (Å²) >= 11 is 14.6. The molecule has 0 aromatic heterocycles. The number of hydrogen-bond acceptors (Lipinski definition) is 12. The number of rotatable bonds is 12. The first-order chi connectivity index (χ1) is 11.6. The van der Waals surface area contributed by atoms with Crippen molar-refractivity contribution in [1.82, 2.24) is 0 Å². The van der Waals surface area contributed by atoms with E-state index in [0.717, 1.165) is 0 Å². The Morgan fingerprint density at radius 2 is 0.720 bits per heavy atom. The maximum Gasteiger partial charge on any atom is 0.171 e. The molecular weight excluding hydrogens is 412 g/mol. The average Bonchev–Trinajstić information content (AvgIpc) is 2.64. The predicted octanol–water partition coefficient (Wildman–Crippen LogP) is -2.59. The van der Waals surface area contributed by atoms with Gasteiger partial charge in [-0.05, 0) is 0 Å². The van der Waals surface area contributed by atoms with Gasteiger partial charge < -0.3 is 20.4 Å². The van der Waals surface area contributed by atoms with Crippen LogP contribution in [0.15, 0.2) is 0 Å². The van der Waals surface area contributed by atoms with Gasteiger partial charge in [0, 0.05) is 0 Å². The van der Waals surface area contributed by atoms with Crippen molar-refractivity contribution in [2.45, 2.75) is 24.4 Å². The minimum Gasteiger partial charge on any atom is -0.384 e. The highest BCUT2D eigenvalue weighted by Crippen LogP contribution is 2.38. The maximum atomic E-state index is 12.0. The summed E-state index contributed by atoms with van der Waals surface area (Å²) in [4.78, 5) is 47.8. The van der Waals surface area contributed by atoms with Crippen LogP contribution in [0.1, 0.15) is 0 Å². The average molecular weight is 433 g/mol. The van der Waals surface area contributed by atoms with E-state index in [1.165, 1.54) is 0 Å². The van der Waals surface area contributed by atoms with Crippen LogP contribution in [0.25, 0.3) is 0 Å². The topological polar surface area (TPSA) is 149 Å². The Labute approximate surface area is 166 Å². The van der Waals surface area contributed by atoms with E-state index in [1.54, 1.807) is 0 Å². The van der Waals surface area contributed by atoms with Gasteiger partial charge in [0.15, 0.2) is 23.1 Å². The number of ketones is 4. The first-order valence-electron chi connectivity index (χ1n) is 6.84. The molecule has 12 heteroatoms.